The number of carbonyl (C=O) groups excluding carboxylic acids is 1. The first-order valence-corrected chi connectivity index (χ1v) is 11.0. The Morgan fingerprint density at radius 1 is 1.19 bits per heavy atom. The van der Waals surface area contributed by atoms with Crippen molar-refractivity contribution in [1.29, 1.82) is 0 Å². The fourth-order valence-electron chi connectivity index (χ4n) is 5.04. The van der Waals surface area contributed by atoms with Gasteiger partial charge < -0.3 is 24.3 Å². The lowest BCUT2D eigenvalue weighted by molar-refractivity contribution is -0.115. The van der Waals surface area contributed by atoms with Gasteiger partial charge in [-0.15, -0.1) is 0 Å². The summed E-state index contributed by atoms with van der Waals surface area (Å²) in [6.07, 6.45) is 3.75. The summed E-state index contributed by atoms with van der Waals surface area (Å²) in [4.78, 5) is 25.3. The smallest absolute Gasteiger partial charge is 0.335 e. The van der Waals surface area contributed by atoms with Gasteiger partial charge >= 0.3 is 5.97 Å². The highest BCUT2D eigenvalue weighted by molar-refractivity contribution is 6.30. The minimum Gasteiger partial charge on any atom is -0.493 e. The third kappa shape index (κ3) is 3.53. The maximum Gasteiger partial charge on any atom is 0.335 e. The van der Waals surface area contributed by atoms with Crippen LogP contribution < -0.4 is 14.4 Å². The maximum absolute atomic E-state index is 11.6. The molecule has 2 aromatic rings. The lowest BCUT2D eigenvalue weighted by Gasteiger charge is -2.43. The van der Waals surface area contributed by atoms with Crippen LogP contribution in [0.15, 0.2) is 36.4 Å². The fourth-order valence-corrected chi connectivity index (χ4v) is 5.20. The van der Waals surface area contributed by atoms with Gasteiger partial charge in [-0.3, -0.25) is 0 Å². The topological polar surface area (TPSA) is 76.1 Å². The fraction of sp³-hybridized carbons (Fsp3) is 0.417. The van der Waals surface area contributed by atoms with Crippen LogP contribution in [0.1, 0.15) is 35.2 Å². The summed E-state index contributed by atoms with van der Waals surface area (Å²) < 4.78 is 12.2. The van der Waals surface area contributed by atoms with E-state index in [1.807, 2.05) is 18.2 Å². The van der Waals surface area contributed by atoms with Gasteiger partial charge in [0.15, 0.2) is 0 Å². The molecule has 31 heavy (non-hydrogen) atoms. The minimum atomic E-state index is -0.970. The van der Waals surface area contributed by atoms with E-state index in [0.717, 1.165) is 42.5 Å². The van der Waals surface area contributed by atoms with E-state index in [9.17, 15) is 14.7 Å². The van der Waals surface area contributed by atoms with Crippen molar-refractivity contribution in [2.75, 3.05) is 31.2 Å². The largest absolute Gasteiger partial charge is 0.493 e. The Labute approximate surface area is 185 Å². The SMILES string of the molecule is O=C[C@@H]1CC[C@H]1CN1CC2(CCOc3cc(Cl)ccc32)COc2ccc(C(=O)O)cc21. The zero-order valence-corrected chi connectivity index (χ0v) is 17.8. The van der Waals surface area contributed by atoms with Crippen molar-refractivity contribution < 1.29 is 24.2 Å². The molecule has 0 amide bonds. The third-order valence-electron chi connectivity index (χ3n) is 7.00. The van der Waals surface area contributed by atoms with Gasteiger partial charge in [0, 0.05) is 29.6 Å². The maximum atomic E-state index is 11.6. The van der Waals surface area contributed by atoms with Crippen LogP contribution in [0.25, 0.3) is 0 Å². The van der Waals surface area contributed by atoms with Gasteiger partial charge in [0.25, 0.3) is 0 Å². The molecule has 0 aromatic heterocycles. The van der Waals surface area contributed by atoms with E-state index < -0.39 is 5.97 Å². The number of carbonyl (C=O) groups is 2. The van der Waals surface area contributed by atoms with Gasteiger partial charge in [-0.25, -0.2) is 4.79 Å². The average Bonchev–Trinajstić information content (AvgIpc) is 2.89. The molecule has 5 rings (SSSR count). The quantitative estimate of drug-likeness (QED) is 0.717. The van der Waals surface area contributed by atoms with E-state index in [1.165, 1.54) is 0 Å². The number of hydrogen-bond acceptors (Lipinski definition) is 5. The number of aromatic carboxylic acids is 1. The standard InChI is InChI=1S/C24H24ClNO5/c25-18-4-5-19-22(10-18)30-8-7-24(19)13-26(11-16-1-2-17(16)12-27)20-9-15(23(28)29)3-6-21(20)31-14-24/h3-6,9-10,12,16-17H,1-2,7-8,11,13-14H2,(H,28,29)/t16-,17-,24?/m0/s1. The molecular formula is C24H24ClNO5. The summed E-state index contributed by atoms with van der Waals surface area (Å²) in [5, 5.41) is 10.2. The molecule has 2 aliphatic heterocycles. The zero-order valence-electron chi connectivity index (χ0n) is 17.1. The number of halogens is 1. The molecule has 1 N–H and O–H groups in total. The predicted octanol–water partition coefficient (Wildman–Crippen LogP) is 4.18. The van der Waals surface area contributed by atoms with Crippen LogP contribution in [-0.4, -0.2) is 43.7 Å². The van der Waals surface area contributed by atoms with Gasteiger partial charge in [-0.1, -0.05) is 17.7 Å². The molecule has 2 aromatic carbocycles. The van der Waals surface area contributed by atoms with Crippen molar-refractivity contribution >= 4 is 29.5 Å². The molecule has 6 nitrogen and oxygen atoms in total. The molecule has 1 saturated carbocycles. The summed E-state index contributed by atoms with van der Waals surface area (Å²) in [6, 6.07) is 10.7. The number of anilines is 1. The van der Waals surface area contributed by atoms with Crippen molar-refractivity contribution in [3.8, 4) is 11.5 Å². The first-order valence-electron chi connectivity index (χ1n) is 10.6. The number of nitrogens with zero attached hydrogens (tertiary/aromatic N) is 1. The van der Waals surface area contributed by atoms with E-state index in [2.05, 4.69) is 4.90 Å². The average molecular weight is 442 g/mol. The molecule has 0 saturated heterocycles. The van der Waals surface area contributed by atoms with Crippen molar-refractivity contribution in [2.24, 2.45) is 11.8 Å². The van der Waals surface area contributed by atoms with Crippen LogP contribution in [-0.2, 0) is 10.2 Å². The molecule has 0 radical (unpaired) electrons. The van der Waals surface area contributed by atoms with E-state index in [1.54, 1.807) is 18.2 Å². The van der Waals surface area contributed by atoms with Crippen LogP contribution in [0.2, 0.25) is 5.02 Å². The van der Waals surface area contributed by atoms with Crippen LogP contribution >= 0.6 is 11.6 Å². The Bertz CT molecular complexity index is 1040. The Morgan fingerprint density at radius 3 is 2.81 bits per heavy atom. The molecule has 1 unspecified atom stereocenters. The lowest BCUT2D eigenvalue weighted by atomic mass is 9.73. The molecule has 3 aliphatic rings. The number of aldehydes is 1. The first kappa shape index (κ1) is 20.2. The number of carboxylic acids is 1. The first-order chi connectivity index (χ1) is 15.0. The normalized spacial score (nSPS) is 26.5. The second-order valence-electron chi connectivity index (χ2n) is 8.81. The Morgan fingerprint density at radius 2 is 2.06 bits per heavy atom. The van der Waals surface area contributed by atoms with Crippen molar-refractivity contribution in [3.63, 3.8) is 0 Å². The summed E-state index contributed by atoms with van der Waals surface area (Å²) in [5.41, 5.74) is 1.74. The summed E-state index contributed by atoms with van der Waals surface area (Å²) in [5.74, 6) is 0.799. The van der Waals surface area contributed by atoms with Gasteiger partial charge in [-0.2, -0.15) is 0 Å². The second-order valence-corrected chi connectivity index (χ2v) is 9.25. The molecule has 1 fully saturated rings. The van der Waals surface area contributed by atoms with Crippen molar-refractivity contribution in [1.82, 2.24) is 0 Å². The van der Waals surface area contributed by atoms with Crippen molar-refractivity contribution in [3.05, 3.63) is 52.5 Å². The summed E-state index contributed by atoms with van der Waals surface area (Å²) in [7, 11) is 0. The molecule has 2 heterocycles. The highest BCUT2D eigenvalue weighted by Crippen LogP contribution is 2.46. The van der Waals surface area contributed by atoms with Crippen LogP contribution in [0.3, 0.4) is 0 Å². The Hall–Kier alpha value is -2.73. The van der Waals surface area contributed by atoms with E-state index in [4.69, 9.17) is 21.1 Å². The lowest BCUT2D eigenvalue weighted by Crippen LogP contribution is -2.49. The molecule has 0 bridgehead atoms. The van der Waals surface area contributed by atoms with Crippen LogP contribution in [0.4, 0.5) is 5.69 Å². The number of hydrogen-bond donors (Lipinski definition) is 1. The molecule has 1 spiro atoms. The summed E-state index contributed by atoms with van der Waals surface area (Å²) >= 11 is 6.20. The second kappa shape index (κ2) is 7.75. The number of benzene rings is 2. The van der Waals surface area contributed by atoms with Crippen LogP contribution in [0, 0.1) is 11.8 Å². The molecular weight excluding hydrogens is 418 g/mol. The van der Waals surface area contributed by atoms with E-state index in [0.29, 0.717) is 37.1 Å². The third-order valence-corrected chi connectivity index (χ3v) is 7.24. The molecule has 1 aliphatic carbocycles. The highest BCUT2D eigenvalue weighted by Gasteiger charge is 2.44. The van der Waals surface area contributed by atoms with Gasteiger partial charge in [0.05, 0.1) is 29.9 Å². The van der Waals surface area contributed by atoms with E-state index in [-0.39, 0.29) is 22.8 Å². The van der Waals surface area contributed by atoms with Gasteiger partial charge in [0.1, 0.15) is 17.8 Å². The Balaban J connectivity index is 1.57. The van der Waals surface area contributed by atoms with Gasteiger partial charge in [0.2, 0.25) is 0 Å². The van der Waals surface area contributed by atoms with E-state index >= 15 is 0 Å². The monoisotopic (exact) mass is 441 g/mol. The highest BCUT2D eigenvalue weighted by atomic mass is 35.5. The number of fused-ring (bicyclic) bond motifs is 3. The summed E-state index contributed by atoms with van der Waals surface area (Å²) in [6.45, 7) is 2.36. The molecule has 162 valence electrons. The number of carboxylic acid groups (broad SMARTS) is 1. The number of rotatable bonds is 4. The number of ether oxygens (including phenoxy) is 2. The van der Waals surface area contributed by atoms with Gasteiger partial charge in [-0.05, 0) is 55.5 Å². The molecule has 3 atom stereocenters. The zero-order chi connectivity index (χ0) is 21.6. The molecule has 7 heteroatoms. The van der Waals surface area contributed by atoms with Crippen molar-refractivity contribution in [2.45, 2.75) is 24.7 Å². The van der Waals surface area contributed by atoms with Crippen LogP contribution in [0.5, 0.6) is 11.5 Å². The Kier molecular flexibility index (Phi) is 5.05. The minimum absolute atomic E-state index is 0.0620. The predicted molar refractivity (Wildman–Crippen MR) is 117 cm³/mol.